The predicted octanol–water partition coefficient (Wildman–Crippen LogP) is 2.71. The largest absolute Gasteiger partial charge is 0.398 e. The summed E-state index contributed by atoms with van der Waals surface area (Å²) in [5.41, 5.74) is 7.63. The van der Waals surface area contributed by atoms with Crippen molar-refractivity contribution in [2.75, 3.05) is 10.5 Å². The van der Waals surface area contributed by atoms with Crippen molar-refractivity contribution in [1.29, 1.82) is 0 Å². The van der Waals surface area contributed by atoms with Crippen molar-refractivity contribution in [3.05, 3.63) is 34.8 Å². The molecule has 1 fully saturated rings. The molecule has 3 N–H and O–H groups in total. The summed E-state index contributed by atoms with van der Waals surface area (Å²) in [4.78, 5) is 4.46. The summed E-state index contributed by atoms with van der Waals surface area (Å²) < 4.78 is 27.3. The topological polar surface area (TPSA) is 85.1 Å². The Balaban J connectivity index is 1.91. The highest BCUT2D eigenvalue weighted by molar-refractivity contribution is 7.93. The zero-order valence-corrected chi connectivity index (χ0v) is 12.6. The molecule has 0 unspecified atom stereocenters. The zero-order valence-electron chi connectivity index (χ0n) is 11.0. The molecule has 106 valence electrons. The summed E-state index contributed by atoms with van der Waals surface area (Å²) in [7, 11) is -3.69. The van der Waals surface area contributed by atoms with Crippen LogP contribution in [-0.2, 0) is 10.0 Å². The van der Waals surface area contributed by atoms with Crippen LogP contribution in [0.1, 0.15) is 30.0 Å². The van der Waals surface area contributed by atoms with Gasteiger partial charge in [0.1, 0.15) is 4.90 Å². The highest BCUT2D eigenvalue weighted by Crippen LogP contribution is 2.41. The lowest BCUT2D eigenvalue weighted by Gasteiger charge is -2.10. The van der Waals surface area contributed by atoms with Gasteiger partial charge in [-0.3, -0.25) is 4.72 Å². The highest BCUT2D eigenvalue weighted by atomic mass is 32.2. The summed E-state index contributed by atoms with van der Waals surface area (Å²) in [6.45, 7) is 1.72. The van der Waals surface area contributed by atoms with Gasteiger partial charge in [-0.15, -0.1) is 11.3 Å². The number of nitrogens with one attached hydrogen (secondary N) is 1. The van der Waals surface area contributed by atoms with Crippen LogP contribution >= 0.6 is 11.3 Å². The van der Waals surface area contributed by atoms with Crippen LogP contribution in [0.3, 0.4) is 0 Å². The first-order valence-electron chi connectivity index (χ1n) is 6.31. The molecule has 0 bridgehead atoms. The number of anilines is 2. The molecule has 5 nitrogen and oxygen atoms in total. The Bertz CT molecular complexity index is 728. The predicted molar refractivity (Wildman–Crippen MR) is 80.5 cm³/mol. The first kappa shape index (κ1) is 13.4. The molecule has 1 aliphatic carbocycles. The third-order valence-electron chi connectivity index (χ3n) is 3.25. The average molecular weight is 309 g/mol. The monoisotopic (exact) mass is 309 g/mol. The number of rotatable bonds is 4. The van der Waals surface area contributed by atoms with E-state index in [0.29, 0.717) is 16.6 Å². The number of hydrogen-bond donors (Lipinski definition) is 2. The van der Waals surface area contributed by atoms with Gasteiger partial charge in [0.05, 0.1) is 11.4 Å². The minimum absolute atomic E-state index is 0.128. The van der Waals surface area contributed by atoms with E-state index in [9.17, 15) is 8.42 Å². The van der Waals surface area contributed by atoms with Crippen LogP contribution in [0.15, 0.2) is 28.5 Å². The van der Waals surface area contributed by atoms with E-state index >= 15 is 0 Å². The summed E-state index contributed by atoms with van der Waals surface area (Å²) >= 11 is 1.31. The maximum atomic E-state index is 12.4. The van der Waals surface area contributed by atoms with Gasteiger partial charge in [-0.2, -0.15) is 0 Å². The number of aryl methyl sites for hydroxylation is 1. The fraction of sp³-hybridized carbons (Fsp3) is 0.308. The molecule has 1 saturated carbocycles. The highest BCUT2D eigenvalue weighted by Gasteiger charge is 2.27. The molecule has 3 rings (SSSR count). The summed E-state index contributed by atoms with van der Waals surface area (Å²) in [5, 5.41) is 2.31. The number of nitrogens with two attached hydrogens (primary N) is 1. The fourth-order valence-corrected chi connectivity index (χ4v) is 4.51. The second-order valence-corrected chi connectivity index (χ2v) is 7.43. The lowest BCUT2D eigenvalue weighted by atomic mass is 10.2. The SMILES string of the molecule is Cc1cccc(N)c1S(=O)(=O)Nc1nc(C2CC2)cs1. The Kier molecular flexibility index (Phi) is 3.18. The maximum Gasteiger partial charge on any atom is 0.265 e. The lowest BCUT2D eigenvalue weighted by Crippen LogP contribution is -2.16. The van der Waals surface area contributed by atoms with Gasteiger partial charge in [0, 0.05) is 11.3 Å². The Labute approximate surface area is 121 Å². The van der Waals surface area contributed by atoms with Crippen LogP contribution < -0.4 is 10.5 Å². The summed E-state index contributed by atoms with van der Waals surface area (Å²) in [6, 6.07) is 5.04. The molecule has 20 heavy (non-hydrogen) atoms. The van der Waals surface area contributed by atoms with Crippen LogP contribution in [0.2, 0.25) is 0 Å². The quantitative estimate of drug-likeness (QED) is 0.850. The molecule has 1 aliphatic rings. The molecule has 1 aromatic carbocycles. The number of sulfonamides is 1. The molecule has 0 amide bonds. The molecule has 0 atom stereocenters. The standard InChI is InChI=1S/C13H15N3O2S2/c1-8-3-2-4-10(14)12(8)20(17,18)16-13-15-11(7-19-13)9-5-6-9/h2-4,7,9H,5-6,14H2,1H3,(H,15,16). The van der Waals surface area contributed by atoms with Gasteiger partial charge in [-0.25, -0.2) is 13.4 Å². The van der Waals surface area contributed by atoms with Gasteiger partial charge in [-0.1, -0.05) is 12.1 Å². The van der Waals surface area contributed by atoms with E-state index in [2.05, 4.69) is 9.71 Å². The second-order valence-electron chi connectivity index (χ2n) is 4.95. The van der Waals surface area contributed by atoms with Gasteiger partial charge < -0.3 is 5.73 Å². The number of nitrogen functional groups attached to an aromatic ring is 1. The number of benzene rings is 1. The van der Waals surface area contributed by atoms with E-state index in [0.717, 1.165) is 18.5 Å². The molecule has 0 aliphatic heterocycles. The van der Waals surface area contributed by atoms with Gasteiger partial charge >= 0.3 is 0 Å². The normalized spacial score (nSPS) is 15.2. The molecule has 0 spiro atoms. The Morgan fingerprint density at radius 3 is 2.80 bits per heavy atom. The molecule has 7 heteroatoms. The number of thiazole rings is 1. The van der Waals surface area contributed by atoms with Crippen molar-refractivity contribution in [3.63, 3.8) is 0 Å². The molecule has 0 saturated heterocycles. The van der Waals surface area contributed by atoms with E-state index < -0.39 is 10.0 Å². The number of aromatic nitrogens is 1. The van der Waals surface area contributed by atoms with Crippen molar-refractivity contribution in [2.45, 2.75) is 30.6 Å². The fourth-order valence-electron chi connectivity index (χ4n) is 2.11. The zero-order chi connectivity index (χ0) is 14.3. The second kappa shape index (κ2) is 4.75. The Morgan fingerprint density at radius 2 is 2.15 bits per heavy atom. The third-order valence-corrected chi connectivity index (χ3v) is 5.71. The number of hydrogen-bond acceptors (Lipinski definition) is 5. The average Bonchev–Trinajstić information content (AvgIpc) is 3.10. The lowest BCUT2D eigenvalue weighted by molar-refractivity contribution is 0.601. The van der Waals surface area contributed by atoms with Crippen molar-refractivity contribution >= 4 is 32.2 Å². The maximum absolute atomic E-state index is 12.4. The van der Waals surface area contributed by atoms with Gasteiger partial charge in [0.25, 0.3) is 10.0 Å². The van der Waals surface area contributed by atoms with Gasteiger partial charge in [0.2, 0.25) is 0 Å². The molecular weight excluding hydrogens is 294 g/mol. The van der Waals surface area contributed by atoms with Crippen molar-refractivity contribution < 1.29 is 8.42 Å². The first-order chi connectivity index (χ1) is 9.47. The van der Waals surface area contributed by atoms with Crippen LogP contribution in [0, 0.1) is 6.92 Å². The smallest absolute Gasteiger partial charge is 0.265 e. The minimum Gasteiger partial charge on any atom is -0.398 e. The van der Waals surface area contributed by atoms with Crippen LogP contribution in [0.5, 0.6) is 0 Å². The third kappa shape index (κ3) is 2.51. The van der Waals surface area contributed by atoms with Gasteiger partial charge in [-0.05, 0) is 31.4 Å². The van der Waals surface area contributed by atoms with E-state index in [-0.39, 0.29) is 10.6 Å². The van der Waals surface area contributed by atoms with Crippen molar-refractivity contribution in [3.8, 4) is 0 Å². The van der Waals surface area contributed by atoms with Gasteiger partial charge in [0.15, 0.2) is 5.13 Å². The molecule has 1 heterocycles. The van der Waals surface area contributed by atoms with E-state index in [1.807, 2.05) is 5.38 Å². The summed E-state index contributed by atoms with van der Waals surface area (Å²) in [5.74, 6) is 0.507. The molecular formula is C13H15N3O2S2. The van der Waals surface area contributed by atoms with Crippen LogP contribution in [0.25, 0.3) is 0 Å². The van der Waals surface area contributed by atoms with E-state index in [1.165, 1.54) is 11.3 Å². The van der Waals surface area contributed by atoms with Crippen molar-refractivity contribution in [2.24, 2.45) is 0 Å². The summed E-state index contributed by atoms with van der Waals surface area (Å²) in [6.07, 6.45) is 2.28. The number of nitrogens with zero attached hydrogens (tertiary/aromatic N) is 1. The van der Waals surface area contributed by atoms with E-state index in [1.54, 1.807) is 25.1 Å². The Hall–Kier alpha value is -1.60. The van der Waals surface area contributed by atoms with Crippen LogP contribution in [0.4, 0.5) is 10.8 Å². The van der Waals surface area contributed by atoms with Crippen LogP contribution in [-0.4, -0.2) is 13.4 Å². The van der Waals surface area contributed by atoms with E-state index in [4.69, 9.17) is 5.73 Å². The first-order valence-corrected chi connectivity index (χ1v) is 8.67. The molecule has 1 aromatic heterocycles. The molecule has 0 radical (unpaired) electrons. The Morgan fingerprint density at radius 1 is 1.40 bits per heavy atom. The van der Waals surface area contributed by atoms with Crippen molar-refractivity contribution in [1.82, 2.24) is 4.98 Å². The molecule has 2 aromatic rings. The minimum atomic E-state index is -3.69.